The Kier molecular flexibility index (Phi) is 2.26. The zero-order chi connectivity index (χ0) is 8.65. The molecule has 0 aromatic heterocycles. The summed E-state index contributed by atoms with van der Waals surface area (Å²) in [6.45, 7) is 8.12. The van der Waals surface area contributed by atoms with Crippen molar-refractivity contribution < 1.29 is 0 Å². The minimum atomic E-state index is 0.381. The first kappa shape index (κ1) is 9.01. The van der Waals surface area contributed by atoms with Crippen LogP contribution in [0.3, 0.4) is 0 Å². The average molecular weight is 156 g/mol. The molecule has 2 heteroatoms. The van der Waals surface area contributed by atoms with E-state index in [0.29, 0.717) is 11.7 Å². The van der Waals surface area contributed by atoms with E-state index >= 15 is 0 Å². The number of hydrogen-bond donors (Lipinski definition) is 0. The van der Waals surface area contributed by atoms with E-state index < -0.39 is 0 Å². The zero-order valence-corrected chi connectivity index (χ0v) is 8.39. The number of rotatable bonds is 0. The van der Waals surface area contributed by atoms with E-state index in [1.54, 1.807) is 0 Å². The average Bonchev–Trinajstić information content (AvgIpc) is 1.95. The lowest BCUT2D eigenvalue weighted by Gasteiger charge is -2.48. The molecule has 0 radical (unpaired) electrons. The Morgan fingerprint density at radius 3 is 2.27 bits per heavy atom. The van der Waals surface area contributed by atoms with Crippen molar-refractivity contribution in [2.75, 3.05) is 20.6 Å². The molecule has 66 valence electrons. The highest BCUT2D eigenvalue weighted by molar-refractivity contribution is 4.87. The van der Waals surface area contributed by atoms with Crippen molar-refractivity contribution in [2.45, 2.75) is 38.9 Å². The molecule has 0 aliphatic carbocycles. The minimum absolute atomic E-state index is 0.381. The van der Waals surface area contributed by atoms with Crippen LogP contribution >= 0.6 is 0 Å². The molecule has 1 fully saturated rings. The van der Waals surface area contributed by atoms with Gasteiger partial charge in [-0.3, -0.25) is 9.80 Å². The number of hydrogen-bond acceptors (Lipinski definition) is 2. The molecule has 2 nitrogen and oxygen atoms in total. The third kappa shape index (κ3) is 1.57. The fourth-order valence-electron chi connectivity index (χ4n) is 1.61. The van der Waals surface area contributed by atoms with E-state index in [9.17, 15) is 0 Å². The second kappa shape index (κ2) is 2.76. The minimum Gasteiger partial charge on any atom is -0.291 e. The van der Waals surface area contributed by atoms with E-state index in [-0.39, 0.29) is 0 Å². The van der Waals surface area contributed by atoms with Gasteiger partial charge in [-0.15, -0.1) is 0 Å². The van der Waals surface area contributed by atoms with Gasteiger partial charge in [0.1, 0.15) is 0 Å². The highest BCUT2D eigenvalue weighted by Crippen LogP contribution is 2.25. The van der Waals surface area contributed by atoms with Crippen molar-refractivity contribution >= 4 is 0 Å². The zero-order valence-electron chi connectivity index (χ0n) is 8.39. The van der Waals surface area contributed by atoms with Crippen LogP contribution in [0.1, 0.15) is 27.2 Å². The lowest BCUT2D eigenvalue weighted by Crippen LogP contribution is -2.58. The molecule has 1 aliphatic heterocycles. The van der Waals surface area contributed by atoms with Gasteiger partial charge in [0.15, 0.2) is 0 Å². The normalized spacial score (nSPS) is 34.1. The van der Waals surface area contributed by atoms with E-state index in [1.807, 2.05) is 0 Å². The van der Waals surface area contributed by atoms with E-state index in [1.165, 1.54) is 13.0 Å². The molecular weight excluding hydrogens is 136 g/mol. The van der Waals surface area contributed by atoms with Gasteiger partial charge in [0, 0.05) is 12.1 Å². The molecule has 0 spiro atoms. The molecule has 0 N–H and O–H groups in total. The molecule has 0 amide bonds. The predicted molar refractivity (Wildman–Crippen MR) is 48.6 cm³/mol. The SMILES string of the molecule is CC1N(C)CCC(C)(C)N1C. The van der Waals surface area contributed by atoms with Crippen LogP contribution in [0.5, 0.6) is 0 Å². The lowest BCUT2D eigenvalue weighted by molar-refractivity contribution is -0.0312. The van der Waals surface area contributed by atoms with Crippen molar-refractivity contribution in [1.82, 2.24) is 9.80 Å². The molecule has 1 atom stereocenters. The summed E-state index contributed by atoms with van der Waals surface area (Å²) >= 11 is 0. The van der Waals surface area contributed by atoms with Gasteiger partial charge in [-0.2, -0.15) is 0 Å². The summed E-state index contributed by atoms with van der Waals surface area (Å²) in [5, 5.41) is 0. The molecule has 11 heavy (non-hydrogen) atoms. The molecule has 0 aromatic rings. The van der Waals surface area contributed by atoms with Crippen LogP contribution in [0.15, 0.2) is 0 Å². The maximum Gasteiger partial charge on any atom is 0.0592 e. The van der Waals surface area contributed by atoms with Gasteiger partial charge < -0.3 is 0 Å². The van der Waals surface area contributed by atoms with Gasteiger partial charge in [0.2, 0.25) is 0 Å². The molecule has 0 saturated carbocycles. The summed E-state index contributed by atoms with van der Waals surface area (Å²) in [4.78, 5) is 4.84. The van der Waals surface area contributed by atoms with Crippen molar-refractivity contribution in [3.63, 3.8) is 0 Å². The second-order valence-electron chi connectivity index (χ2n) is 4.29. The van der Waals surface area contributed by atoms with Crippen LogP contribution in [0.4, 0.5) is 0 Å². The van der Waals surface area contributed by atoms with Gasteiger partial charge in [-0.05, 0) is 41.3 Å². The first-order valence-electron chi connectivity index (χ1n) is 4.38. The number of nitrogens with zero attached hydrogens (tertiary/aromatic N) is 2. The monoisotopic (exact) mass is 156 g/mol. The molecule has 0 aromatic carbocycles. The van der Waals surface area contributed by atoms with Crippen molar-refractivity contribution in [2.24, 2.45) is 0 Å². The molecule has 0 bridgehead atoms. The first-order valence-corrected chi connectivity index (χ1v) is 4.38. The molecule has 1 aliphatic rings. The summed E-state index contributed by atoms with van der Waals surface area (Å²) in [6.07, 6.45) is 1.85. The van der Waals surface area contributed by atoms with Crippen LogP contribution in [-0.4, -0.2) is 42.1 Å². The van der Waals surface area contributed by atoms with Gasteiger partial charge in [-0.1, -0.05) is 0 Å². The smallest absolute Gasteiger partial charge is 0.0592 e. The summed E-state index contributed by atoms with van der Waals surface area (Å²) < 4.78 is 0. The molecule has 1 saturated heterocycles. The maximum absolute atomic E-state index is 2.44. The summed E-state index contributed by atoms with van der Waals surface area (Å²) in [5.41, 5.74) is 0.381. The third-order valence-corrected chi connectivity index (χ3v) is 3.23. The van der Waals surface area contributed by atoms with E-state index in [0.717, 1.165) is 0 Å². The van der Waals surface area contributed by atoms with Gasteiger partial charge in [-0.25, -0.2) is 0 Å². The van der Waals surface area contributed by atoms with E-state index in [2.05, 4.69) is 44.7 Å². The standard InChI is InChI=1S/C9H20N2/c1-8-10(4)7-6-9(2,3)11(8)5/h8H,6-7H2,1-5H3. The van der Waals surface area contributed by atoms with Crippen molar-refractivity contribution in [1.29, 1.82) is 0 Å². The van der Waals surface area contributed by atoms with Gasteiger partial charge in [0.25, 0.3) is 0 Å². The fourth-order valence-corrected chi connectivity index (χ4v) is 1.61. The summed E-state index contributed by atoms with van der Waals surface area (Å²) in [5.74, 6) is 0. The quantitative estimate of drug-likeness (QED) is 0.523. The Balaban J connectivity index is 2.67. The van der Waals surface area contributed by atoms with Crippen molar-refractivity contribution in [3.05, 3.63) is 0 Å². The van der Waals surface area contributed by atoms with Crippen LogP contribution in [0.25, 0.3) is 0 Å². The Hall–Kier alpha value is -0.0800. The van der Waals surface area contributed by atoms with Crippen LogP contribution in [-0.2, 0) is 0 Å². The molecule has 1 heterocycles. The van der Waals surface area contributed by atoms with Gasteiger partial charge >= 0.3 is 0 Å². The van der Waals surface area contributed by atoms with Crippen LogP contribution in [0, 0.1) is 0 Å². The summed E-state index contributed by atoms with van der Waals surface area (Å²) in [7, 11) is 4.40. The molecular formula is C9H20N2. The predicted octanol–water partition coefficient (Wildman–Crippen LogP) is 1.38. The highest BCUT2D eigenvalue weighted by Gasteiger charge is 2.33. The second-order valence-corrected chi connectivity index (χ2v) is 4.29. The van der Waals surface area contributed by atoms with Gasteiger partial charge in [0.05, 0.1) is 6.17 Å². The molecule has 1 unspecified atom stereocenters. The third-order valence-electron chi connectivity index (χ3n) is 3.23. The Bertz CT molecular complexity index is 142. The highest BCUT2D eigenvalue weighted by atomic mass is 15.4. The first-order chi connectivity index (χ1) is 4.95. The maximum atomic E-state index is 2.44. The Morgan fingerprint density at radius 2 is 1.82 bits per heavy atom. The van der Waals surface area contributed by atoms with Crippen LogP contribution in [0.2, 0.25) is 0 Å². The Labute approximate surface area is 70.2 Å². The van der Waals surface area contributed by atoms with Crippen LogP contribution < -0.4 is 0 Å². The fraction of sp³-hybridized carbons (Fsp3) is 1.00. The lowest BCUT2D eigenvalue weighted by atomic mass is 9.95. The topological polar surface area (TPSA) is 6.48 Å². The summed E-state index contributed by atoms with van der Waals surface area (Å²) in [6, 6.07) is 0. The van der Waals surface area contributed by atoms with E-state index in [4.69, 9.17) is 0 Å². The largest absolute Gasteiger partial charge is 0.291 e. The van der Waals surface area contributed by atoms with Crippen molar-refractivity contribution in [3.8, 4) is 0 Å². The Morgan fingerprint density at radius 1 is 1.27 bits per heavy atom. The molecule has 1 rings (SSSR count).